The summed E-state index contributed by atoms with van der Waals surface area (Å²) >= 11 is 0. The lowest BCUT2D eigenvalue weighted by Crippen LogP contribution is -2.12. The largest absolute Gasteiger partial charge is 0.422 e. The fourth-order valence-electron chi connectivity index (χ4n) is 4.17. The van der Waals surface area contributed by atoms with Crippen molar-refractivity contribution in [2.75, 3.05) is 0 Å². The summed E-state index contributed by atoms with van der Waals surface area (Å²) in [6.07, 6.45) is 5.10. The third-order valence-electron chi connectivity index (χ3n) is 5.94. The number of esters is 1. The van der Waals surface area contributed by atoms with Crippen LogP contribution in [0.1, 0.15) is 60.0 Å². The van der Waals surface area contributed by atoms with Gasteiger partial charge in [-0.1, -0.05) is 62.2 Å². The highest BCUT2D eigenvalue weighted by molar-refractivity contribution is 5.96. The Bertz CT molecular complexity index is 948. The highest BCUT2D eigenvalue weighted by Gasteiger charge is 2.20. The van der Waals surface area contributed by atoms with Gasteiger partial charge in [-0.15, -0.1) is 0 Å². The summed E-state index contributed by atoms with van der Waals surface area (Å²) in [5.41, 5.74) is 3.13. The first-order valence-electron chi connectivity index (χ1n) is 9.92. The average Bonchev–Trinajstić information content (AvgIpc) is 2.69. The topological polar surface area (TPSA) is 26.3 Å². The zero-order chi connectivity index (χ0) is 18.8. The van der Waals surface area contributed by atoms with Crippen LogP contribution in [-0.2, 0) is 0 Å². The molecule has 2 nitrogen and oxygen atoms in total. The first-order valence-corrected chi connectivity index (χ1v) is 9.92. The van der Waals surface area contributed by atoms with E-state index in [1.807, 2.05) is 36.4 Å². The second-order valence-corrected chi connectivity index (χ2v) is 7.89. The van der Waals surface area contributed by atoms with E-state index in [1.54, 1.807) is 0 Å². The Morgan fingerprint density at radius 3 is 2.26 bits per heavy atom. The van der Waals surface area contributed by atoms with Gasteiger partial charge >= 0.3 is 5.97 Å². The van der Waals surface area contributed by atoms with Crippen LogP contribution in [0.25, 0.3) is 10.8 Å². The minimum atomic E-state index is -0.298. The van der Waals surface area contributed by atoms with Gasteiger partial charge in [-0.2, -0.15) is 0 Å². The molecule has 27 heavy (non-hydrogen) atoms. The number of hydrogen-bond donors (Lipinski definition) is 0. The summed E-state index contributed by atoms with van der Waals surface area (Å²) in [4.78, 5) is 12.7. The number of hydrogen-bond acceptors (Lipinski definition) is 2. The minimum absolute atomic E-state index is 0.298. The molecule has 1 saturated carbocycles. The molecule has 1 aliphatic carbocycles. The van der Waals surface area contributed by atoms with E-state index in [0.717, 1.165) is 16.7 Å². The summed E-state index contributed by atoms with van der Waals surface area (Å²) in [5, 5.41) is 2.09. The molecule has 0 spiro atoms. The first kappa shape index (κ1) is 17.8. The van der Waals surface area contributed by atoms with Gasteiger partial charge in [0.05, 0.1) is 5.56 Å². The lowest BCUT2D eigenvalue weighted by Gasteiger charge is -2.26. The maximum absolute atomic E-state index is 12.7. The molecule has 138 valence electrons. The van der Waals surface area contributed by atoms with Gasteiger partial charge in [0.25, 0.3) is 0 Å². The van der Waals surface area contributed by atoms with Crippen molar-refractivity contribution in [1.82, 2.24) is 0 Å². The van der Waals surface area contributed by atoms with E-state index in [2.05, 4.69) is 38.1 Å². The van der Waals surface area contributed by atoms with Gasteiger partial charge in [-0.3, -0.25) is 0 Å². The van der Waals surface area contributed by atoms with Crippen molar-refractivity contribution in [2.45, 2.75) is 45.4 Å². The second-order valence-electron chi connectivity index (χ2n) is 7.89. The van der Waals surface area contributed by atoms with E-state index >= 15 is 0 Å². The van der Waals surface area contributed by atoms with Crippen molar-refractivity contribution in [3.8, 4) is 5.75 Å². The normalized spacial score (nSPS) is 19.8. The molecule has 4 rings (SSSR count). The highest BCUT2D eigenvalue weighted by Crippen LogP contribution is 2.35. The summed E-state index contributed by atoms with van der Waals surface area (Å²) in [5.74, 6) is 1.80. The molecule has 0 aliphatic heterocycles. The molecule has 0 bridgehead atoms. The van der Waals surface area contributed by atoms with E-state index in [1.165, 1.54) is 36.8 Å². The molecule has 1 fully saturated rings. The van der Waals surface area contributed by atoms with Crippen LogP contribution in [0.5, 0.6) is 5.75 Å². The number of ether oxygens (including phenoxy) is 1. The Morgan fingerprint density at radius 1 is 0.852 bits per heavy atom. The van der Waals surface area contributed by atoms with Gasteiger partial charge in [0.15, 0.2) is 0 Å². The number of rotatable bonds is 3. The third-order valence-corrected chi connectivity index (χ3v) is 5.94. The first-order chi connectivity index (χ1) is 13.1. The predicted octanol–water partition coefficient (Wildman–Crippen LogP) is 6.66. The fourth-order valence-corrected chi connectivity index (χ4v) is 4.17. The number of carbonyl (C=O) groups is 1. The Balaban J connectivity index is 1.51. The lowest BCUT2D eigenvalue weighted by atomic mass is 9.79. The van der Waals surface area contributed by atoms with Crippen molar-refractivity contribution >= 4 is 16.7 Å². The molecule has 0 N–H and O–H groups in total. The summed E-state index contributed by atoms with van der Waals surface area (Å²) in [6, 6.07) is 19.9. The molecule has 3 aromatic rings. The predicted molar refractivity (Wildman–Crippen MR) is 110 cm³/mol. The minimum Gasteiger partial charge on any atom is -0.422 e. The maximum Gasteiger partial charge on any atom is 0.343 e. The molecule has 0 radical (unpaired) electrons. The van der Waals surface area contributed by atoms with Crippen molar-refractivity contribution in [1.29, 1.82) is 0 Å². The van der Waals surface area contributed by atoms with Crippen LogP contribution in [0, 0.1) is 12.8 Å². The standard InChI is InChI=1S/C25H26O2/c1-17-9-11-19(12-10-17)20-13-15-21(16-14-20)25(26)27-24-8-4-6-22-18(2)5-3-7-23(22)24/h3-8,13-17,19H,9-12H2,1-2H3. The van der Waals surface area contributed by atoms with Crippen molar-refractivity contribution < 1.29 is 9.53 Å². The lowest BCUT2D eigenvalue weighted by molar-refractivity contribution is 0.0737. The van der Waals surface area contributed by atoms with E-state index in [0.29, 0.717) is 17.2 Å². The smallest absolute Gasteiger partial charge is 0.343 e. The van der Waals surface area contributed by atoms with Gasteiger partial charge < -0.3 is 4.74 Å². The van der Waals surface area contributed by atoms with Crippen molar-refractivity contribution in [3.05, 3.63) is 77.4 Å². The molecule has 0 saturated heterocycles. The van der Waals surface area contributed by atoms with Gasteiger partial charge in [-0.05, 0) is 66.3 Å². The Kier molecular flexibility index (Phi) is 4.98. The summed E-state index contributed by atoms with van der Waals surface area (Å²) in [7, 11) is 0. The number of aryl methyl sites for hydroxylation is 1. The molecule has 0 aromatic heterocycles. The van der Waals surface area contributed by atoms with Gasteiger partial charge in [0.2, 0.25) is 0 Å². The summed E-state index contributed by atoms with van der Waals surface area (Å²) in [6.45, 7) is 4.41. The Labute approximate surface area is 161 Å². The second kappa shape index (κ2) is 7.56. The quantitative estimate of drug-likeness (QED) is 0.386. The monoisotopic (exact) mass is 358 g/mol. The number of carbonyl (C=O) groups excluding carboxylic acids is 1. The van der Waals surface area contributed by atoms with Gasteiger partial charge in [0.1, 0.15) is 5.75 Å². The van der Waals surface area contributed by atoms with Crippen LogP contribution in [0.3, 0.4) is 0 Å². The van der Waals surface area contributed by atoms with E-state index in [-0.39, 0.29) is 5.97 Å². The molecule has 1 aliphatic rings. The Hall–Kier alpha value is -2.61. The molecule has 0 heterocycles. The maximum atomic E-state index is 12.7. The van der Waals surface area contributed by atoms with E-state index in [9.17, 15) is 4.79 Å². The average molecular weight is 358 g/mol. The van der Waals surface area contributed by atoms with Crippen LogP contribution < -0.4 is 4.74 Å². The summed E-state index contributed by atoms with van der Waals surface area (Å²) < 4.78 is 5.73. The van der Waals surface area contributed by atoms with Crippen LogP contribution in [-0.4, -0.2) is 5.97 Å². The van der Waals surface area contributed by atoms with Gasteiger partial charge in [-0.25, -0.2) is 4.79 Å². The van der Waals surface area contributed by atoms with Crippen molar-refractivity contribution in [3.63, 3.8) is 0 Å². The van der Waals surface area contributed by atoms with E-state index in [4.69, 9.17) is 4.74 Å². The fraction of sp³-hybridized carbons (Fsp3) is 0.320. The molecule has 3 aromatic carbocycles. The zero-order valence-corrected chi connectivity index (χ0v) is 16.1. The van der Waals surface area contributed by atoms with Crippen LogP contribution in [0.2, 0.25) is 0 Å². The van der Waals surface area contributed by atoms with Crippen molar-refractivity contribution in [2.24, 2.45) is 5.92 Å². The molecular formula is C25H26O2. The third kappa shape index (κ3) is 3.75. The molecule has 0 atom stereocenters. The molecule has 0 unspecified atom stereocenters. The van der Waals surface area contributed by atoms with Crippen LogP contribution in [0.4, 0.5) is 0 Å². The van der Waals surface area contributed by atoms with Gasteiger partial charge in [0, 0.05) is 5.39 Å². The number of benzene rings is 3. The van der Waals surface area contributed by atoms with Crippen LogP contribution in [0.15, 0.2) is 60.7 Å². The highest BCUT2D eigenvalue weighted by atomic mass is 16.5. The zero-order valence-electron chi connectivity index (χ0n) is 16.1. The molecular weight excluding hydrogens is 332 g/mol. The number of fused-ring (bicyclic) bond motifs is 1. The Morgan fingerprint density at radius 2 is 1.52 bits per heavy atom. The molecule has 2 heteroatoms. The van der Waals surface area contributed by atoms with E-state index < -0.39 is 0 Å². The molecule has 0 amide bonds. The van der Waals surface area contributed by atoms with Crippen LogP contribution >= 0.6 is 0 Å². The SMILES string of the molecule is Cc1cccc2c(OC(=O)c3ccc(C4CCC(C)CC4)cc3)cccc12.